The Labute approximate surface area is 118 Å². The van der Waals surface area contributed by atoms with Crippen molar-refractivity contribution in [3.8, 4) is 0 Å². The van der Waals surface area contributed by atoms with Gasteiger partial charge in [-0.05, 0) is 25.1 Å². The van der Waals surface area contributed by atoms with Crippen molar-refractivity contribution in [1.29, 1.82) is 0 Å². The summed E-state index contributed by atoms with van der Waals surface area (Å²) in [5.74, 6) is 1.68. The van der Waals surface area contributed by atoms with E-state index < -0.39 is 6.10 Å². The fourth-order valence-corrected chi connectivity index (χ4v) is 2.10. The molecule has 0 saturated heterocycles. The number of imidazole rings is 1. The van der Waals surface area contributed by atoms with Crippen LogP contribution in [0, 0.1) is 0 Å². The molecule has 20 heavy (non-hydrogen) atoms. The molecule has 0 saturated carbocycles. The molecule has 0 aliphatic heterocycles. The Morgan fingerprint density at radius 1 is 1.55 bits per heavy atom. The van der Waals surface area contributed by atoms with Crippen LogP contribution >= 0.6 is 0 Å². The lowest BCUT2D eigenvalue weighted by molar-refractivity contribution is 0.0590. The lowest BCUT2D eigenvalue weighted by atomic mass is 10.2. The number of aryl methyl sites for hydroxylation is 1. The van der Waals surface area contributed by atoms with Crippen LogP contribution in [-0.2, 0) is 11.8 Å². The molecule has 0 amide bonds. The standard InChI is InChI=1S/C14H21N3O3/c1-17-8-7-16-14(17)13(12-4-3-9-20-12)15-6-5-11(18)10-19-2/h3-4,7-9,11,13,15,18H,5-6,10H2,1-2H3. The SMILES string of the molecule is COCC(O)CCNC(c1ccco1)c1nccn1C. The lowest BCUT2D eigenvalue weighted by Crippen LogP contribution is -2.29. The molecular weight excluding hydrogens is 258 g/mol. The summed E-state index contributed by atoms with van der Waals surface area (Å²) in [6, 6.07) is 3.64. The Hall–Kier alpha value is -1.63. The van der Waals surface area contributed by atoms with E-state index in [9.17, 15) is 5.11 Å². The highest BCUT2D eigenvalue weighted by Gasteiger charge is 2.20. The predicted octanol–water partition coefficient (Wildman–Crippen LogP) is 1.09. The Morgan fingerprint density at radius 3 is 3.00 bits per heavy atom. The molecule has 6 heteroatoms. The molecule has 2 atom stereocenters. The Bertz CT molecular complexity index is 495. The molecule has 0 bridgehead atoms. The summed E-state index contributed by atoms with van der Waals surface area (Å²) in [6.07, 6.45) is 5.44. The van der Waals surface area contributed by atoms with Crippen molar-refractivity contribution < 1.29 is 14.3 Å². The number of rotatable bonds is 8. The first-order valence-electron chi connectivity index (χ1n) is 6.63. The minimum atomic E-state index is -0.467. The van der Waals surface area contributed by atoms with Crippen LogP contribution in [0.1, 0.15) is 24.0 Å². The number of nitrogens with one attached hydrogen (secondary N) is 1. The minimum absolute atomic E-state index is 0.125. The number of ether oxygens (including phenoxy) is 1. The van der Waals surface area contributed by atoms with Crippen LogP contribution in [0.4, 0.5) is 0 Å². The van der Waals surface area contributed by atoms with E-state index in [0.717, 1.165) is 11.6 Å². The first-order chi connectivity index (χ1) is 9.72. The van der Waals surface area contributed by atoms with Crippen molar-refractivity contribution in [2.45, 2.75) is 18.6 Å². The van der Waals surface area contributed by atoms with Crippen molar-refractivity contribution in [2.75, 3.05) is 20.3 Å². The van der Waals surface area contributed by atoms with Crippen molar-refractivity contribution in [3.63, 3.8) is 0 Å². The molecule has 2 heterocycles. The van der Waals surface area contributed by atoms with E-state index in [4.69, 9.17) is 9.15 Å². The summed E-state index contributed by atoms with van der Waals surface area (Å²) >= 11 is 0. The minimum Gasteiger partial charge on any atom is -0.467 e. The fraction of sp³-hybridized carbons (Fsp3) is 0.500. The molecule has 2 aromatic rings. The van der Waals surface area contributed by atoms with Gasteiger partial charge in [0.25, 0.3) is 0 Å². The third kappa shape index (κ3) is 3.69. The van der Waals surface area contributed by atoms with Gasteiger partial charge in [-0.25, -0.2) is 4.98 Å². The number of aliphatic hydroxyl groups excluding tert-OH is 1. The van der Waals surface area contributed by atoms with Crippen LogP contribution < -0.4 is 5.32 Å². The summed E-state index contributed by atoms with van der Waals surface area (Å²) in [6.45, 7) is 0.984. The Morgan fingerprint density at radius 2 is 2.40 bits per heavy atom. The molecule has 110 valence electrons. The third-order valence-corrected chi connectivity index (χ3v) is 3.13. The maximum absolute atomic E-state index is 9.67. The zero-order chi connectivity index (χ0) is 14.4. The van der Waals surface area contributed by atoms with Gasteiger partial charge in [-0.3, -0.25) is 0 Å². The molecule has 2 aromatic heterocycles. The molecule has 2 unspecified atom stereocenters. The van der Waals surface area contributed by atoms with Gasteiger partial charge in [0.1, 0.15) is 17.6 Å². The highest BCUT2D eigenvalue weighted by Crippen LogP contribution is 2.20. The molecule has 0 aromatic carbocycles. The van der Waals surface area contributed by atoms with E-state index in [1.165, 1.54) is 0 Å². The number of methoxy groups -OCH3 is 1. The molecule has 0 radical (unpaired) electrons. The van der Waals surface area contributed by atoms with Crippen molar-refractivity contribution in [1.82, 2.24) is 14.9 Å². The van der Waals surface area contributed by atoms with Crippen molar-refractivity contribution >= 4 is 0 Å². The van der Waals surface area contributed by atoms with Gasteiger partial charge in [-0.1, -0.05) is 0 Å². The molecule has 2 rings (SSSR count). The van der Waals surface area contributed by atoms with E-state index in [1.807, 2.05) is 29.9 Å². The molecule has 0 aliphatic rings. The highest BCUT2D eigenvalue weighted by molar-refractivity contribution is 5.15. The molecule has 0 fully saturated rings. The normalized spacial score (nSPS) is 14.3. The van der Waals surface area contributed by atoms with Crippen LogP contribution in [0.25, 0.3) is 0 Å². The topological polar surface area (TPSA) is 72.5 Å². The van der Waals surface area contributed by atoms with E-state index in [0.29, 0.717) is 19.6 Å². The highest BCUT2D eigenvalue weighted by atomic mass is 16.5. The molecule has 0 spiro atoms. The summed E-state index contributed by atoms with van der Waals surface area (Å²) in [5.41, 5.74) is 0. The summed E-state index contributed by atoms with van der Waals surface area (Å²) in [7, 11) is 3.52. The second-order valence-electron chi connectivity index (χ2n) is 4.70. The van der Waals surface area contributed by atoms with Gasteiger partial charge >= 0.3 is 0 Å². The third-order valence-electron chi connectivity index (χ3n) is 3.13. The predicted molar refractivity (Wildman–Crippen MR) is 74.3 cm³/mol. The number of hydrogen-bond acceptors (Lipinski definition) is 5. The zero-order valence-electron chi connectivity index (χ0n) is 11.8. The van der Waals surface area contributed by atoms with E-state index in [-0.39, 0.29) is 6.04 Å². The van der Waals surface area contributed by atoms with Gasteiger partial charge in [0.05, 0.1) is 19.0 Å². The fourth-order valence-electron chi connectivity index (χ4n) is 2.10. The van der Waals surface area contributed by atoms with Crippen LogP contribution in [0.3, 0.4) is 0 Å². The summed E-state index contributed by atoms with van der Waals surface area (Å²) < 4.78 is 12.3. The summed E-state index contributed by atoms with van der Waals surface area (Å²) in [4.78, 5) is 4.36. The van der Waals surface area contributed by atoms with Crippen LogP contribution in [0.5, 0.6) is 0 Å². The maximum Gasteiger partial charge on any atom is 0.133 e. The monoisotopic (exact) mass is 279 g/mol. The Kier molecular flexibility index (Phi) is 5.34. The number of hydrogen-bond donors (Lipinski definition) is 2. The molecule has 2 N–H and O–H groups in total. The van der Waals surface area contributed by atoms with Crippen LogP contribution in [0.2, 0.25) is 0 Å². The van der Waals surface area contributed by atoms with Crippen LogP contribution in [-0.4, -0.2) is 41.0 Å². The van der Waals surface area contributed by atoms with Gasteiger partial charge in [0.2, 0.25) is 0 Å². The van der Waals surface area contributed by atoms with E-state index in [1.54, 1.807) is 19.6 Å². The summed E-state index contributed by atoms with van der Waals surface area (Å²) in [5, 5.41) is 13.0. The smallest absolute Gasteiger partial charge is 0.133 e. The largest absolute Gasteiger partial charge is 0.467 e. The zero-order valence-corrected chi connectivity index (χ0v) is 11.8. The number of aliphatic hydroxyl groups is 1. The van der Waals surface area contributed by atoms with Crippen LogP contribution in [0.15, 0.2) is 35.2 Å². The molecule has 6 nitrogen and oxygen atoms in total. The number of aromatic nitrogens is 2. The lowest BCUT2D eigenvalue weighted by Gasteiger charge is -2.17. The molecular formula is C14H21N3O3. The van der Waals surface area contributed by atoms with Gasteiger partial charge in [-0.2, -0.15) is 0 Å². The van der Waals surface area contributed by atoms with Crippen molar-refractivity contribution in [2.24, 2.45) is 7.05 Å². The van der Waals surface area contributed by atoms with E-state index in [2.05, 4.69) is 10.3 Å². The average Bonchev–Trinajstić information content (AvgIpc) is 3.07. The van der Waals surface area contributed by atoms with Gasteiger partial charge in [0, 0.05) is 26.6 Å². The number of furan rings is 1. The van der Waals surface area contributed by atoms with Crippen molar-refractivity contribution in [3.05, 3.63) is 42.4 Å². The Balaban J connectivity index is 2.00. The maximum atomic E-state index is 9.67. The van der Waals surface area contributed by atoms with Gasteiger partial charge in [-0.15, -0.1) is 0 Å². The second kappa shape index (κ2) is 7.23. The number of nitrogens with zero attached hydrogens (tertiary/aromatic N) is 2. The first kappa shape index (κ1) is 14.8. The quantitative estimate of drug-likeness (QED) is 0.757. The second-order valence-corrected chi connectivity index (χ2v) is 4.70. The van der Waals surface area contributed by atoms with Gasteiger partial charge in [0.15, 0.2) is 0 Å². The average molecular weight is 279 g/mol. The first-order valence-corrected chi connectivity index (χ1v) is 6.63. The molecule has 0 aliphatic carbocycles. The van der Waals surface area contributed by atoms with Gasteiger partial charge < -0.3 is 24.1 Å². The van der Waals surface area contributed by atoms with E-state index >= 15 is 0 Å².